The Hall–Kier alpha value is -2.07. The van der Waals surface area contributed by atoms with Crippen LogP contribution < -0.4 is 10.6 Å². The summed E-state index contributed by atoms with van der Waals surface area (Å²) >= 11 is 5.92. The van der Waals surface area contributed by atoms with Crippen molar-refractivity contribution in [1.82, 2.24) is 4.98 Å². The highest BCUT2D eigenvalue weighted by atomic mass is 35.5. The molecule has 0 saturated heterocycles. The average molecular weight is 318 g/mol. The zero-order chi connectivity index (χ0) is 15.9. The van der Waals surface area contributed by atoms with Crippen LogP contribution in [0.1, 0.15) is 35.8 Å². The highest BCUT2D eigenvalue weighted by Gasteiger charge is 2.10. The minimum atomic E-state index is -0.232. The van der Waals surface area contributed by atoms with E-state index < -0.39 is 0 Å². The Kier molecular flexibility index (Phi) is 5.78. The number of carbonyl (C=O) groups is 1. The van der Waals surface area contributed by atoms with E-state index in [2.05, 4.69) is 22.5 Å². The first-order valence-corrected chi connectivity index (χ1v) is 7.75. The SMILES string of the molecule is CCCCNc1ccnc(C(=O)Nc2ccc(Cl)cc2C)c1. The Balaban J connectivity index is 2.07. The normalized spacial score (nSPS) is 10.3. The van der Waals surface area contributed by atoms with Gasteiger partial charge in [-0.05, 0) is 49.2 Å². The minimum absolute atomic E-state index is 0.232. The summed E-state index contributed by atoms with van der Waals surface area (Å²) in [5.74, 6) is -0.232. The molecule has 0 aliphatic heterocycles. The maximum absolute atomic E-state index is 12.3. The Morgan fingerprint density at radius 3 is 2.82 bits per heavy atom. The number of hydrogen-bond acceptors (Lipinski definition) is 3. The third-order valence-electron chi connectivity index (χ3n) is 3.29. The van der Waals surface area contributed by atoms with Crippen LogP contribution in [0.4, 0.5) is 11.4 Å². The smallest absolute Gasteiger partial charge is 0.274 e. The van der Waals surface area contributed by atoms with Crippen LogP contribution in [0.15, 0.2) is 36.5 Å². The van der Waals surface area contributed by atoms with Crippen LogP contribution in [0.3, 0.4) is 0 Å². The molecule has 1 heterocycles. The summed E-state index contributed by atoms with van der Waals surface area (Å²) in [6, 6.07) is 8.97. The molecular formula is C17H20ClN3O. The molecule has 0 aliphatic rings. The largest absolute Gasteiger partial charge is 0.385 e. The Morgan fingerprint density at radius 1 is 1.27 bits per heavy atom. The zero-order valence-corrected chi connectivity index (χ0v) is 13.6. The fourth-order valence-electron chi connectivity index (χ4n) is 2.03. The number of carbonyl (C=O) groups excluding carboxylic acids is 1. The standard InChI is InChI=1S/C17H20ClN3O/c1-3-4-8-19-14-7-9-20-16(11-14)17(22)21-15-6-5-13(18)10-12(15)2/h5-7,9-11H,3-4,8H2,1-2H3,(H,19,20)(H,21,22). The maximum Gasteiger partial charge on any atom is 0.274 e. The summed E-state index contributed by atoms with van der Waals surface area (Å²) in [7, 11) is 0. The number of aryl methyl sites for hydroxylation is 1. The minimum Gasteiger partial charge on any atom is -0.385 e. The molecule has 0 fully saturated rings. The number of hydrogen-bond donors (Lipinski definition) is 2. The van der Waals surface area contributed by atoms with Gasteiger partial charge in [-0.25, -0.2) is 0 Å². The number of unbranched alkanes of at least 4 members (excludes halogenated alkanes) is 1. The van der Waals surface area contributed by atoms with E-state index >= 15 is 0 Å². The van der Waals surface area contributed by atoms with Crippen molar-refractivity contribution in [2.24, 2.45) is 0 Å². The number of halogens is 1. The molecule has 2 aromatic rings. The van der Waals surface area contributed by atoms with Crippen molar-refractivity contribution >= 4 is 28.9 Å². The summed E-state index contributed by atoms with van der Waals surface area (Å²) < 4.78 is 0. The molecule has 0 unspecified atom stereocenters. The lowest BCUT2D eigenvalue weighted by atomic mass is 10.2. The molecule has 116 valence electrons. The molecule has 2 N–H and O–H groups in total. The fraction of sp³-hybridized carbons (Fsp3) is 0.294. The molecule has 1 aromatic carbocycles. The number of pyridine rings is 1. The van der Waals surface area contributed by atoms with Crippen LogP contribution >= 0.6 is 11.6 Å². The fourth-order valence-corrected chi connectivity index (χ4v) is 2.25. The molecule has 0 atom stereocenters. The number of benzene rings is 1. The zero-order valence-electron chi connectivity index (χ0n) is 12.8. The van der Waals surface area contributed by atoms with Gasteiger partial charge in [0.05, 0.1) is 0 Å². The monoisotopic (exact) mass is 317 g/mol. The van der Waals surface area contributed by atoms with Gasteiger partial charge in [-0.3, -0.25) is 9.78 Å². The molecule has 0 bridgehead atoms. The molecule has 2 rings (SSSR count). The van der Waals surface area contributed by atoms with Crippen molar-refractivity contribution in [3.63, 3.8) is 0 Å². The number of nitrogens with zero attached hydrogens (tertiary/aromatic N) is 1. The highest BCUT2D eigenvalue weighted by molar-refractivity contribution is 6.30. The van der Waals surface area contributed by atoms with Gasteiger partial charge in [0.25, 0.3) is 5.91 Å². The average Bonchev–Trinajstić information content (AvgIpc) is 2.50. The van der Waals surface area contributed by atoms with Gasteiger partial charge < -0.3 is 10.6 Å². The molecule has 22 heavy (non-hydrogen) atoms. The molecule has 1 aromatic heterocycles. The number of anilines is 2. The van der Waals surface area contributed by atoms with Crippen molar-refractivity contribution in [2.75, 3.05) is 17.2 Å². The topological polar surface area (TPSA) is 54.0 Å². The summed E-state index contributed by atoms with van der Waals surface area (Å²) in [5, 5.41) is 6.80. The Morgan fingerprint density at radius 2 is 2.09 bits per heavy atom. The second-order valence-electron chi connectivity index (χ2n) is 5.12. The van der Waals surface area contributed by atoms with Crippen LogP contribution in [0.25, 0.3) is 0 Å². The summed E-state index contributed by atoms with van der Waals surface area (Å²) in [6.07, 6.45) is 3.85. The van der Waals surface area contributed by atoms with Gasteiger partial charge in [0, 0.05) is 29.1 Å². The van der Waals surface area contributed by atoms with Gasteiger partial charge in [0.15, 0.2) is 0 Å². The Labute approximate surface area is 135 Å². The second kappa shape index (κ2) is 7.80. The number of rotatable bonds is 6. The van der Waals surface area contributed by atoms with Gasteiger partial charge in [0.2, 0.25) is 0 Å². The molecular weight excluding hydrogens is 298 g/mol. The van der Waals surface area contributed by atoms with Crippen molar-refractivity contribution in [2.45, 2.75) is 26.7 Å². The second-order valence-corrected chi connectivity index (χ2v) is 5.56. The van der Waals surface area contributed by atoms with Gasteiger partial charge in [-0.1, -0.05) is 24.9 Å². The summed E-state index contributed by atoms with van der Waals surface area (Å²) in [6.45, 7) is 4.93. The van der Waals surface area contributed by atoms with E-state index in [0.717, 1.165) is 36.3 Å². The lowest BCUT2D eigenvalue weighted by Gasteiger charge is -2.10. The van der Waals surface area contributed by atoms with Crippen molar-refractivity contribution in [1.29, 1.82) is 0 Å². The summed E-state index contributed by atoms with van der Waals surface area (Å²) in [5.41, 5.74) is 2.94. The van der Waals surface area contributed by atoms with E-state index in [1.807, 2.05) is 19.1 Å². The third kappa shape index (κ3) is 4.46. The van der Waals surface area contributed by atoms with Crippen LogP contribution in [0.2, 0.25) is 5.02 Å². The van der Waals surface area contributed by atoms with E-state index in [1.165, 1.54) is 0 Å². The van der Waals surface area contributed by atoms with E-state index in [0.29, 0.717) is 10.7 Å². The van der Waals surface area contributed by atoms with Crippen LogP contribution in [0, 0.1) is 6.92 Å². The highest BCUT2D eigenvalue weighted by Crippen LogP contribution is 2.20. The molecule has 1 amide bonds. The van der Waals surface area contributed by atoms with Crippen LogP contribution in [0.5, 0.6) is 0 Å². The first kappa shape index (κ1) is 16.3. The van der Waals surface area contributed by atoms with E-state index in [1.54, 1.807) is 24.4 Å². The molecule has 0 spiro atoms. The van der Waals surface area contributed by atoms with Crippen LogP contribution in [-0.4, -0.2) is 17.4 Å². The van der Waals surface area contributed by atoms with E-state index in [4.69, 9.17) is 11.6 Å². The van der Waals surface area contributed by atoms with Crippen molar-refractivity contribution in [3.8, 4) is 0 Å². The first-order chi connectivity index (χ1) is 10.6. The van der Waals surface area contributed by atoms with Gasteiger partial charge in [-0.2, -0.15) is 0 Å². The van der Waals surface area contributed by atoms with Gasteiger partial charge in [0.1, 0.15) is 5.69 Å². The maximum atomic E-state index is 12.3. The number of aromatic nitrogens is 1. The Bertz CT molecular complexity index is 658. The van der Waals surface area contributed by atoms with Crippen molar-refractivity contribution < 1.29 is 4.79 Å². The molecule has 0 aliphatic carbocycles. The molecule has 0 radical (unpaired) electrons. The number of amides is 1. The summed E-state index contributed by atoms with van der Waals surface area (Å²) in [4.78, 5) is 16.4. The molecule has 4 nitrogen and oxygen atoms in total. The van der Waals surface area contributed by atoms with Gasteiger partial charge >= 0.3 is 0 Å². The van der Waals surface area contributed by atoms with Crippen molar-refractivity contribution in [3.05, 3.63) is 52.8 Å². The lowest BCUT2D eigenvalue weighted by Crippen LogP contribution is -2.15. The molecule has 5 heteroatoms. The van der Waals surface area contributed by atoms with E-state index in [9.17, 15) is 4.79 Å². The predicted octanol–water partition coefficient (Wildman–Crippen LogP) is 4.51. The lowest BCUT2D eigenvalue weighted by molar-refractivity contribution is 0.102. The number of nitrogens with one attached hydrogen (secondary N) is 2. The predicted molar refractivity (Wildman–Crippen MR) is 91.8 cm³/mol. The van der Waals surface area contributed by atoms with Gasteiger partial charge in [-0.15, -0.1) is 0 Å². The van der Waals surface area contributed by atoms with Crippen LogP contribution in [-0.2, 0) is 0 Å². The quantitative estimate of drug-likeness (QED) is 0.771. The third-order valence-corrected chi connectivity index (χ3v) is 3.52. The molecule has 0 saturated carbocycles. The first-order valence-electron chi connectivity index (χ1n) is 7.37. The van der Waals surface area contributed by atoms with E-state index in [-0.39, 0.29) is 5.91 Å².